The zero-order chi connectivity index (χ0) is 19.8. The van der Waals surface area contributed by atoms with Crippen molar-refractivity contribution in [2.45, 2.75) is 6.42 Å². The maximum absolute atomic E-state index is 12.5. The normalized spacial score (nSPS) is 15.1. The highest BCUT2D eigenvalue weighted by atomic mass is 35.5. The third-order valence-corrected chi connectivity index (χ3v) is 4.90. The lowest BCUT2D eigenvalue weighted by molar-refractivity contribution is -0.134. The molecule has 146 valence electrons. The van der Waals surface area contributed by atoms with Crippen LogP contribution in [0.25, 0.3) is 11.6 Å². The molecule has 1 amide bonds. The molecular weight excluding hydrogens is 374 g/mol. The summed E-state index contributed by atoms with van der Waals surface area (Å²) in [5, 5.41) is 0.540. The highest BCUT2D eigenvalue weighted by Crippen LogP contribution is 2.29. The lowest BCUT2D eigenvalue weighted by Crippen LogP contribution is -2.40. The third kappa shape index (κ3) is 5.47. The molecule has 0 aliphatic carbocycles. The standard InChI is InChI=1S/C23H24ClNO3/c1-27-22-11-9-20(17-21(22)24)19(8-7-18-5-3-2-4-6-18)10-12-23(26)25-13-15-28-16-14-25/h2-11,17H,12-16H2,1H3. The fraction of sp³-hybridized carbons (Fsp3) is 0.261. The van der Waals surface area contributed by atoms with Crippen LogP contribution in [0.3, 0.4) is 0 Å². The molecule has 0 radical (unpaired) electrons. The first-order valence-corrected chi connectivity index (χ1v) is 9.68. The van der Waals surface area contributed by atoms with E-state index >= 15 is 0 Å². The third-order valence-electron chi connectivity index (χ3n) is 4.60. The number of carbonyl (C=O) groups excluding carboxylic acids is 1. The van der Waals surface area contributed by atoms with E-state index in [-0.39, 0.29) is 5.91 Å². The molecule has 1 aliphatic rings. The maximum Gasteiger partial charge on any atom is 0.226 e. The summed E-state index contributed by atoms with van der Waals surface area (Å²) >= 11 is 6.31. The predicted octanol–water partition coefficient (Wildman–Crippen LogP) is 4.69. The summed E-state index contributed by atoms with van der Waals surface area (Å²) in [7, 11) is 1.59. The summed E-state index contributed by atoms with van der Waals surface area (Å²) in [5.41, 5.74) is 2.97. The van der Waals surface area contributed by atoms with E-state index < -0.39 is 0 Å². The highest BCUT2D eigenvalue weighted by Gasteiger charge is 2.15. The molecule has 0 unspecified atom stereocenters. The van der Waals surface area contributed by atoms with Gasteiger partial charge in [-0.1, -0.05) is 66.2 Å². The van der Waals surface area contributed by atoms with E-state index in [4.69, 9.17) is 21.1 Å². The van der Waals surface area contributed by atoms with Crippen LogP contribution in [0.1, 0.15) is 17.5 Å². The van der Waals surface area contributed by atoms with Gasteiger partial charge in [0.1, 0.15) is 5.75 Å². The van der Waals surface area contributed by atoms with Crippen LogP contribution >= 0.6 is 11.6 Å². The molecule has 28 heavy (non-hydrogen) atoms. The number of hydrogen-bond donors (Lipinski definition) is 0. The molecule has 0 bridgehead atoms. The Hall–Kier alpha value is -2.56. The number of ether oxygens (including phenoxy) is 2. The first-order valence-electron chi connectivity index (χ1n) is 9.30. The van der Waals surface area contributed by atoms with Gasteiger partial charge in [0.2, 0.25) is 5.91 Å². The number of hydrogen-bond acceptors (Lipinski definition) is 3. The van der Waals surface area contributed by atoms with Gasteiger partial charge in [0.15, 0.2) is 0 Å². The van der Waals surface area contributed by atoms with Crippen LogP contribution < -0.4 is 4.74 Å². The number of morpholine rings is 1. The number of carbonyl (C=O) groups is 1. The monoisotopic (exact) mass is 397 g/mol. The average molecular weight is 398 g/mol. The number of benzene rings is 2. The van der Waals surface area contributed by atoms with Gasteiger partial charge in [-0.2, -0.15) is 0 Å². The van der Waals surface area contributed by atoms with Crippen LogP contribution in [-0.4, -0.2) is 44.2 Å². The van der Waals surface area contributed by atoms with Crippen molar-refractivity contribution in [1.29, 1.82) is 0 Å². The van der Waals surface area contributed by atoms with Gasteiger partial charge in [0.25, 0.3) is 0 Å². The van der Waals surface area contributed by atoms with Gasteiger partial charge in [-0.3, -0.25) is 4.79 Å². The second-order valence-electron chi connectivity index (χ2n) is 6.45. The van der Waals surface area contributed by atoms with E-state index in [1.807, 2.05) is 71.7 Å². The summed E-state index contributed by atoms with van der Waals surface area (Å²) in [6.07, 6.45) is 6.33. The summed E-state index contributed by atoms with van der Waals surface area (Å²) in [4.78, 5) is 14.4. The van der Waals surface area contributed by atoms with E-state index in [9.17, 15) is 4.79 Å². The van der Waals surface area contributed by atoms with Gasteiger partial charge < -0.3 is 14.4 Å². The van der Waals surface area contributed by atoms with Crippen molar-refractivity contribution in [2.24, 2.45) is 0 Å². The Kier molecular flexibility index (Phi) is 7.29. The molecule has 1 fully saturated rings. The molecule has 0 aromatic heterocycles. The largest absolute Gasteiger partial charge is 0.495 e. The molecular formula is C23H24ClNO3. The van der Waals surface area contributed by atoms with Crippen LogP contribution in [0.2, 0.25) is 5.02 Å². The summed E-state index contributed by atoms with van der Waals surface area (Å²) in [6, 6.07) is 15.7. The van der Waals surface area contributed by atoms with Crippen LogP contribution in [0.5, 0.6) is 5.75 Å². The number of halogens is 1. The van der Waals surface area contributed by atoms with E-state index in [2.05, 4.69) is 0 Å². The van der Waals surface area contributed by atoms with Crippen molar-refractivity contribution in [3.8, 4) is 5.75 Å². The fourth-order valence-electron chi connectivity index (χ4n) is 3.02. The van der Waals surface area contributed by atoms with Gasteiger partial charge in [0, 0.05) is 19.5 Å². The fourth-order valence-corrected chi connectivity index (χ4v) is 3.28. The Morgan fingerprint density at radius 1 is 1.18 bits per heavy atom. The number of rotatable bonds is 6. The van der Waals surface area contributed by atoms with Crippen molar-refractivity contribution in [3.63, 3.8) is 0 Å². The van der Waals surface area contributed by atoms with Gasteiger partial charge in [-0.25, -0.2) is 0 Å². The Bertz CT molecular complexity index is 855. The highest BCUT2D eigenvalue weighted by molar-refractivity contribution is 6.32. The van der Waals surface area contributed by atoms with E-state index in [0.717, 1.165) is 16.7 Å². The minimum Gasteiger partial charge on any atom is -0.495 e. The first kappa shape index (κ1) is 20.2. The minimum absolute atomic E-state index is 0.105. The summed E-state index contributed by atoms with van der Waals surface area (Å²) in [6.45, 7) is 2.50. The first-order chi connectivity index (χ1) is 13.7. The molecule has 1 heterocycles. The topological polar surface area (TPSA) is 38.8 Å². The van der Waals surface area contributed by atoms with Crippen molar-refractivity contribution in [1.82, 2.24) is 4.90 Å². The zero-order valence-corrected chi connectivity index (χ0v) is 16.7. The van der Waals surface area contributed by atoms with Crippen LogP contribution in [-0.2, 0) is 9.53 Å². The lowest BCUT2D eigenvalue weighted by Gasteiger charge is -2.26. The Labute approximate surface area is 171 Å². The molecule has 0 spiro atoms. The molecule has 1 saturated heterocycles. The molecule has 5 heteroatoms. The Balaban J connectivity index is 1.84. The van der Waals surface area contributed by atoms with Gasteiger partial charge in [-0.15, -0.1) is 0 Å². The Morgan fingerprint density at radius 2 is 1.93 bits per heavy atom. The molecule has 2 aromatic rings. The second kappa shape index (κ2) is 10.1. The van der Waals surface area contributed by atoms with Crippen molar-refractivity contribution < 1.29 is 14.3 Å². The molecule has 0 atom stereocenters. The molecule has 1 aliphatic heterocycles. The quantitative estimate of drug-likeness (QED) is 0.663. The van der Waals surface area contributed by atoms with Crippen LogP contribution in [0.4, 0.5) is 0 Å². The Morgan fingerprint density at radius 3 is 2.61 bits per heavy atom. The molecule has 0 saturated carbocycles. The van der Waals surface area contributed by atoms with Crippen molar-refractivity contribution in [2.75, 3.05) is 33.4 Å². The van der Waals surface area contributed by atoms with E-state index in [0.29, 0.717) is 43.5 Å². The minimum atomic E-state index is 0.105. The molecule has 4 nitrogen and oxygen atoms in total. The SMILES string of the molecule is COc1ccc(C(C=Cc2ccccc2)=CCC(=O)N2CCOCC2)cc1Cl. The van der Waals surface area contributed by atoms with E-state index in [1.165, 1.54) is 0 Å². The van der Waals surface area contributed by atoms with Crippen LogP contribution in [0, 0.1) is 0 Å². The van der Waals surface area contributed by atoms with Crippen molar-refractivity contribution in [3.05, 3.63) is 76.8 Å². The number of methoxy groups -OCH3 is 1. The number of nitrogens with zero attached hydrogens (tertiary/aromatic N) is 1. The smallest absolute Gasteiger partial charge is 0.226 e. The summed E-state index contributed by atoms with van der Waals surface area (Å²) in [5.74, 6) is 0.731. The van der Waals surface area contributed by atoms with E-state index in [1.54, 1.807) is 7.11 Å². The predicted molar refractivity (Wildman–Crippen MR) is 113 cm³/mol. The van der Waals surface area contributed by atoms with Gasteiger partial charge >= 0.3 is 0 Å². The lowest BCUT2D eigenvalue weighted by atomic mass is 10.0. The van der Waals surface area contributed by atoms with Crippen LogP contribution in [0.15, 0.2) is 60.7 Å². The average Bonchev–Trinajstić information content (AvgIpc) is 2.75. The summed E-state index contributed by atoms with van der Waals surface area (Å²) < 4.78 is 10.6. The molecule has 0 N–H and O–H groups in total. The second-order valence-corrected chi connectivity index (χ2v) is 6.86. The number of amides is 1. The molecule has 2 aromatic carbocycles. The van der Waals surface area contributed by atoms with Gasteiger partial charge in [-0.05, 0) is 28.8 Å². The maximum atomic E-state index is 12.5. The van der Waals surface area contributed by atoms with Gasteiger partial charge in [0.05, 0.1) is 25.3 Å². The molecule has 3 rings (SSSR count). The zero-order valence-electron chi connectivity index (χ0n) is 15.9. The van der Waals surface area contributed by atoms with Crippen molar-refractivity contribution >= 4 is 29.2 Å². The number of allylic oxidation sites excluding steroid dienone is 2.